The first kappa shape index (κ1) is 21.3. The molecular formula is C14H36O3Si4. The Hall–Kier alpha value is 0.328. The Morgan fingerprint density at radius 3 is 1.57 bits per heavy atom. The van der Waals surface area contributed by atoms with Gasteiger partial charge in [-0.2, -0.15) is 0 Å². The Labute approximate surface area is 136 Å². The molecule has 3 nitrogen and oxygen atoms in total. The molecule has 0 aliphatic heterocycles. The SMILES string of the molecule is C=C(O[Si](C)(C)C)[Si](C)(C)OC(C)[Si](C)(C)O[Si](C)(C)C. The predicted octanol–water partition coefficient (Wildman–Crippen LogP) is 5.10. The topological polar surface area (TPSA) is 27.7 Å². The van der Waals surface area contributed by atoms with E-state index in [2.05, 4.69) is 79.0 Å². The van der Waals surface area contributed by atoms with Crippen molar-refractivity contribution in [3.8, 4) is 0 Å². The normalized spacial score (nSPS) is 15.8. The van der Waals surface area contributed by atoms with Crippen LogP contribution in [0.4, 0.5) is 0 Å². The van der Waals surface area contributed by atoms with Crippen molar-refractivity contribution in [2.24, 2.45) is 0 Å². The zero-order valence-electron chi connectivity index (χ0n) is 16.0. The third kappa shape index (κ3) is 8.51. The van der Waals surface area contributed by atoms with Gasteiger partial charge in [0.15, 0.2) is 8.32 Å². The molecular weight excluding hydrogens is 328 g/mol. The van der Waals surface area contributed by atoms with Gasteiger partial charge < -0.3 is 13.0 Å². The summed E-state index contributed by atoms with van der Waals surface area (Å²) in [5.74, 6) is 0. The molecule has 0 aromatic heterocycles. The van der Waals surface area contributed by atoms with Crippen molar-refractivity contribution in [3.05, 3.63) is 12.0 Å². The standard InChI is InChI=1S/C14H36O3Si4/c1-13(15-18(3,4)5)20(9,10)16-14(2)21(11,12)17-19(6,7)8/h14H,1H2,2-12H3. The molecule has 0 fully saturated rings. The van der Waals surface area contributed by atoms with Crippen LogP contribution in [0.3, 0.4) is 0 Å². The zero-order valence-corrected chi connectivity index (χ0v) is 20.0. The average Bonchev–Trinajstić information content (AvgIpc) is 2.09. The van der Waals surface area contributed by atoms with Crippen LogP contribution in [-0.2, 0) is 13.0 Å². The first-order valence-electron chi connectivity index (χ1n) is 7.73. The minimum absolute atomic E-state index is 0.146. The van der Waals surface area contributed by atoms with E-state index in [-0.39, 0.29) is 5.73 Å². The summed E-state index contributed by atoms with van der Waals surface area (Å²) < 4.78 is 19.0. The molecule has 0 saturated heterocycles. The van der Waals surface area contributed by atoms with Gasteiger partial charge in [0, 0.05) is 0 Å². The van der Waals surface area contributed by atoms with Crippen LogP contribution in [0.25, 0.3) is 0 Å². The van der Waals surface area contributed by atoms with E-state index in [0.717, 1.165) is 5.38 Å². The quantitative estimate of drug-likeness (QED) is 0.443. The summed E-state index contributed by atoms with van der Waals surface area (Å²) in [5, 5.41) is 0.867. The number of hydrogen-bond acceptors (Lipinski definition) is 3. The van der Waals surface area contributed by atoms with Crippen LogP contribution >= 0.6 is 0 Å². The summed E-state index contributed by atoms with van der Waals surface area (Å²) >= 11 is 0. The summed E-state index contributed by atoms with van der Waals surface area (Å²) in [6, 6.07) is 0. The van der Waals surface area contributed by atoms with Crippen LogP contribution in [0, 0.1) is 0 Å². The molecule has 1 unspecified atom stereocenters. The minimum atomic E-state index is -2.08. The van der Waals surface area contributed by atoms with Gasteiger partial charge >= 0.3 is 0 Å². The second-order valence-corrected chi connectivity index (χ2v) is 26.0. The second-order valence-electron chi connectivity index (χ2n) is 8.73. The highest BCUT2D eigenvalue weighted by atomic mass is 28.4. The van der Waals surface area contributed by atoms with Gasteiger partial charge in [-0.3, -0.25) is 0 Å². The zero-order chi connectivity index (χ0) is 17.3. The largest absolute Gasteiger partial charge is 0.549 e. The smallest absolute Gasteiger partial charge is 0.254 e. The third-order valence-corrected chi connectivity index (χ3v) is 13.4. The molecule has 0 radical (unpaired) electrons. The van der Waals surface area contributed by atoms with Crippen LogP contribution in [0.15, 0.2) is 12.0 Å². The number of hydrogen-bond donors (Lipinski definition) is 0. The van der Waals surface area contributed by atoms with Crippen molar-refractivity contribution >= 4 is 33.3 Å². The molecule has 1 atom stereocenters. The van der Waals surface area contributed by atoms with Crippen LogP contribution in [0.2, 0.25) is 65.5 Å². The molecule has 7 heteroatoms. The summed E-state index contributed by atoms with van der Waals surface area (Å²) in [6.45, 7) is 28.4. The van der Waals surface area contributed by atoms with Crippen LogP contribution in [0.5, 0.6) is 0 Å². The fraction of sp³-hybridized carbons (Fsp3) is 0.857. The summed E-state index contributed by atoms with van der Waals surface area (Å²) in [6.07, 6.45) is 0. The molecule has 0 N–H and O–H groups in total. The average molecular weight is 365 g/mol. The molecule has 0 bridgehead atoms. The maximum Gasteiger partial charge on any atom is 0.254 e. The van der Waals surface area contributed by atoms with Gasteiger partial charge in [-0.15, -0.1) is 0 Å². The monoisotopic (exact) mass is 364 g/mol. The van der Waals surface area contributed by atoms with Crippen LogP contribution in [0.1, 0.15) is 6.92 Å². The fourth-order valence-corrected chi connectivity index (χ4v) is 14.7. The lowest BCUT2D eigenvalue weighted by Gasteiger charge is -2.40. The molecule has 126 valence electrons. The number of rotatable bonds is 8. The molecule has 0 aromatic rings. The predicted molar refractivity (Wildman–Crippen MR) is 104 cm³/mol. The molecule has 0 rings (SSSR count). The molecule has 0 aliphatic rings. The molecule has 21 heavy (non-hydrogen) atoms. The van der Waals surface area contributed by atoms with E-state index >= 15 is 0 Å². The third-order valence-electron chi connectivity index (χ3n) is 3.12. The van der Waals surface area contributed by atoms with E-state index in [4.69, 9.17) is 13.0 Å². The molecule has 0 aliphatic carbocycles. The van der Waals surface area contributed by atoms with Gasteiger partial charge in [0.1, 0.15) is 0 Å². The highest BCUT2D eigenvalue weighted by Gasteiger charge is 2.41. The molecule has 0 amide bonds. The minimum Gasteiger partial charge on any atom is -0.549 e. The Balaban J connectivity index is 4.89. The highest BCUT2D eigenvalue weighted by Crippen LogP contribution is 2.26. The fourth-order valence-electron chi connectivity index (χ4n) is 2.01. The van der Waals surface area contributed by atoms with E-state index in [1.165, 1.54) is 0 Å². The molecule has 0 spiro atoms. The highest BCUT2D eigenvalue weighted by molar-refractivity contribution is 6.86. The van der Waals surface area contributed by atoms with Crippen molar-refractivity contribution in [1.82, 2.24) is 0 Å². The van der Waals surface area contributed by atoms with Crippen LogP contribution < -0.4 is 0 Å². The van der Waals surface area contributed by atoms with Gasteiger partial charge in [0.05, 0.1) is 11.1 Å². The van der Waals surface area contributed by atoms with E-state index in [9.17, 15) is 0 Å². The molecule has 0 heterocycles. The Kier molecular flexibility index (Phi) is 6.94. The van der Waals surface area contributed by atoms with E-state index in [1.54, 1.807) is 0 Å². The van der Waals surface area contributed by atoms with E-state index < -0.39 is 33.3 Å². The van der Waals surface area contributed by atoms with Crippen molar-refractivity contribution in [2.45, 2.75) is 78.1 Å². The first-order valence-corrected chi connectivity index (χ1v) is 20.4. The van der Waals surface area contributed by atoms with Crippen molar-refractivity contribution in [3.63, 3.8) is 0 Å². The van der Waals surface area contributed by atoms with Crippen molar-refractivity contribution < 1.29 is 13.0 Å². The Morgan fingerprint density at radius 2 is 1.24 bits per heavy atom. The van der Waals surface area contributed by atoms with E-state index in [0.29, 0.717) is 0 Å². The van der Waals surface area contributed by atoms with Gasteiger partial charge in [-0.05, 0) is 72.4 Å². The molecule has 0 aromatic carbocycles. The summed E-state index contributed by atoms with van der Waals surface area (Å²) in [5.41, 5.74) is 0.146. The lowest BCUT2D eigenvalue weighted by Crippen LogP contribution is -2.55. The van der Waals surface area contributed by atoms with Gasteiger partial charge in [-0.1, -0.05) is 6.58 Å². The Morgan fingerprint density at radius 1 is 0.810 bits per heavy atom. The maximum atomic E-state index is 6.45. The summed E-state index contributed by atoms with van der Waals surface area (Å²) in [4.78, 5) is 0. The summed E-state index contributed by atoms with van der Waals surface area (Å²) in [7, 11) is -7.11. The van der Waals surface area contributed by atoms with Crippen LogP contribution in [-0.4, -0.2) is 39.0 Å². The van der Waals surface area contributed by atoms with Gasteiger partial charge in [0.2, 0.25) is 16.6 Å². The van der Waals surface area contributed by atoms with Gasteiger partial charge in [0.25, 0.3) is 8.32 Å². The van der Waals surface area contributed by atoms with Crippen molar-refractivity contribution in [1.29, 1.82) is 0 Å². The first-order chi connectivity index (χ1) is 8.96. The lowest BCUT2D eigenvalue weighted by molar-refractivity contribution is 0.250. The van der Waals surface area contributed by atoms with Gasteiger partial charge in [-0.25, -0.2) is 0 Å². The van der Waals surface area contributed by atoms with E-state index in [1.807, 2.05) is 0 Å². The van der Waals surface area contributed by atoms with Crippen molar-refractivity contribution in [2.75, 3.05) is 0 Å². The maximum absolute atomic E-state index is 6.45. The molecule has 0 saturated carbocycles. The Bertz CT molecular complexity index is 367. The lowest BCUT2D eigenvalue weighted by atomic mass is 10.9. The second kappa shape index (κ2) is 6.84.